The zero-order valence-electron chi connectivity index (χ0n) is 14.4. The van der Waals surface area contributed by atoms with Gasteiger partial charge < -0.3 is 5.32 Å². The maximum atomic E-state index is 12.9. The average molecular weight is 347 g/mol. The quantitative estimate of drug-likeness (QED) is 0.610. The van der Waals surface area contributed by atoms with E-state index in [9.17, 15) is 4.79 Å². The summed E-state index contributed by atoms with van der Waals surface area (Å²) in [6.45, 7) is 1.89. The van der Waals surface area contributed by atoms with Crippen LogP contribution in [0.2, 0.25) is 0 Å². The molecule has 8 nitrogen and oxygen atoms in total. The van der Waals surface area contributed by atoms with Gasteiger partial charge in [-0.15, -0.1) is 0 Å². The van der Waals surface area contributed by atoms with Crippen molar-refractivity contribution < 1.29 is 4.79 Å². The lowest BCUT2D eigenvalue weighted by Crippen LogP contribution is -2.29. The Labute approximate surface area is 149 Å². The number of hydrogen-bond donors (Lipinski definition) is 1. The molecule has 0 aliphatic rings. The van der Waals surface area contributed by atoms with Crippen molar-refractivity contribution in [3.05, 3.63) is 66.4 Å². The number of hydrogen-bond acceptors (Lipinski definition) is 5. The van der Waals surface area contributed by atoms with Crippen LogP contribution in [0.3, 0.4) is 0 Å². The second-order valence-electron chi connectivity index (χ2n) is 5.97. The Morgan fingerprint density at radius 3 is 2.73 bits per heavy atom. The number of carbonyl (C=O) groups is 1. The summed E-state index contributed by atoms with van der Waals surface area (Å²) in [7, 11) is 1.84. The van der Waals surface area contributed by atoms with Crippen LogP contribution >= 0.6 is 0 Å². The van der Waals surface area contributed by atoms with Gasteiger partial charge in [-0.25, -0.2) is 4.98 Å². The molecule has 4 rings (SSSR count). The summed E-state index contributed by atoms with van der Waals surface area (Å²) in [5, 5.41) is 11.4. The average Bonchev–Trinajstić information content (AvgIpc) is 3.30. The number of nitrogens with zero attached hydrogens (tertiary/aromatic N) is 6. The summed E-state index contributed by atoms with van der Waals surface area (Å²) < 4.78 is 3.14. The van der Waals surface area contributed by atoms with Crippen LogP contribution < -0.4 is 5.32 Å². The molecule has 1 atom stereocenters. The molecule has 130 valence electrons. The van der Waals surface area contributed by atoms with Crippen LogP contribution in [0.25, 0.3) is 17.0 Å². The number of carbonyl (C=O) groups excluding carboxylic acids is 1. The van der Waals surface area contributed by atoms with Gasteiger partial charge in [-0.1, -0.05) is 30.3 Å². The van der Waals surface area contributed by atoms with E-state index in [0.717, 1.165) is 11.3 Å². The summed E-state index contributed by atoms with van der Waals surface area (Å²) in [5.41, 5.74) is 2.73. The smallest absolute Gasteiger partial charge is 0.270 e. The lowest BCUT2D eigenvalue weighted by molar-refractivity contribution is 0.0931. The van der Waals surface area contributed by atoms with E-state index in [0.29, 0.717) is 17.2 Å². The van der Waals surface area contributed by atoms with E-state index >= 15 is 0 Å². The molecular weight excluding hydrogens is 330 g/mol. The Hall–Kier alpha value is -3.55. The van der Waals surface area contributed by atoms with E-state index in [1.807, 2.05) is 56.6 Å². The second-order valence-corrected chi connectivity index (χ2v) is 5.97. The molecule has 3 aromatic heterocycles. The van der Waals surface area contributed by atoms with E-state index in [-0.39, 0.29) is 11.9 Å². The minimum atomic E-state index is -0.266. The highest BCUT2D eigenvalue weighted by molar-refractivity contribution is 5.94. The highest BCUT2D eigenvalue weighted by Crippen LogP contribution is 2.19. The highest BCUT2D eigenvalue weighted by atomic mass is 16.2. The van der Waals surface area contributed by atoms with Gasteiger partial charge in [-0.3, -0.25) is 9.48 Å². The van der Waals surface area contributed by atoms with Crippen molar-refractivity contribution in [2.75, 3.05) is 0 Å². The first-order valence-electron chi connectivity index (χ1n) is 8.18. The van der Waals surface area contributed by atoms with Gasteiger partial charge >= 0.3 is 0 Å². The van der Waals surface area contributed by atoms with E-state index in [4.69, 9.17) is 0 Å². The van der Waals surface area contributed by atoms with E-state index in [1.54, 1.807) is 10.7 Å². The van der Waals surface area contributed by atoms with Crippen molar-refractivity contribution in [1.29, 1.82) is 0 Å². The monoisotopic (exact) mass is 347 g/mol. The van der Waals surface area contributed by atoms with Crippen molar-refractivity contribution in [2.24, 2.45) is 7.05 Å². The molecule has 0 saturated carbocycles. The first-order chi connectivity index (χ1) is 12.6. The zero-order chi connectivity index (χ0) is 18.1. The molecule has 0 radical (unpaired) electrons. The minimum Gasteiger partial charge on any atom is -0.343 e. The van der Waals surface area contributed by atoms with Crippen LogP contribution in [0.4, 0.5) is 0 Å². The second kappa shape index (κ2) is 6.40. The van der Waals surface area contributed by atoms with Crippen molar-refractivity contribution in [2.45, 2.75) is 13.0 Å². The lowest BCUT2D eigenvalue weighted by atomic mass is 10.1. The third-order valence-corrected chi connectivity index (χ3v) is 4.08. The van der Waals surface area contributed by atoms with Gasteiger partial charge in [0.25, 0.3) is 11.7 Å². The Kier molecular flexibility index (Phi) is 3.92. The maximum absolute atomic E-state index is 12.9. The molecule has 3 heterocycles. The topological polar surface area (TPSA) is 90.0 Å². The molecule has 0 saturated heterocycles. The van der Waals surface area contributed by atoms with Gasteiger partial charge in [0.05, 0.1) is 17.4 Å². The first-order valence-corrected chi connectivity index (χ1v) is 8.18. The molecule has 1 amide bonds. The van der Waals surface area contributed by atoms with Gasteiger partial charge in [0, 0.05) is 18.8 Å². The molecule has 0 bridgehead atoms. The molecule has 4 aromatic rings. The number of amides is 1. The fraction of sp³-hybridized carbons (Fsp3) is 0.167. The van der Waals surface area contributed by atoms with Crippen molar-refractivity contribution >= 4 is 11.7 Å². The molecule has 0 aliphatic heterocycles. The SMILES string of the molecule is C[C@@H](NC(=O)c1cc(-c2ccccc2)nc2ncnn12)c1ccn(C)n1. The molecule has 1 aromatic carbocycles. The van der Waals surface area contributed by atoms with Crippen molar-refractivity contribution in [1.82, 2.24) is 34.7 Å². The largest absolute Gasteiger partial charge is 0.343 e. The zero-order valence-corrected chi connectivity index (χ0v) is 14.4. The van der Waals surface area contributed by atoms with Gasteiger partial charge in [0.15, 0.2) is 0 Å². The van der Waals surface area contributed by atoms with Crippen molar-refractivity contribution in [3.63, 3.8) is 0 Å². The predicted molar refractivity (Wildman–Crippen MR) is 95.3 cm³/mol. The van der Waals surface area contributed by atoms with Crippen LogP contribution in [-0.4, -0.2) is 35.3 Å². The molecular formula is C18H17N7O. The summed E-state index contributed by atoms with van der Waals surface area (Å²) in [6.07, 6.45) is 3.23. The lowest BCUT2D eigenvalue weighted by Gasteiger charge is -2.13. The number of aryl methyl sites for hydroxylation is 1. The fourth-order valence-electron chi connectivity index (χ4n) is 2.74. The van der Waals surface area contributed by atoms with E-state index in [2.05, 4.69) is 25.5 Å². The van der Waals surface area contributed by atoms with Gasteiger partial charge in [-0.2, -0.15) is 19.7 Å². The third kappa shape index (κ3) is 2.92. The number of fused-ring (bicyclic) bond motifs is 1. The minimum absolute atomic E-state index is 0.240. The predicted octanol–water partition coefficient (Wildman–Crippen LogP) is 2.02. The van der Waals surface area contributed by atoms with Crippen molar-refractivity contribution in [3.8, 4) is 11.3 Å². The van der Waals surface area contributed by atoms with Gasteiger partial charge in [0.2, 0.25) is 0 Å². The maximum Gasteiger partial charge on any atom is 0.270 e. The molecule has 26 heavy (non-hydrogen) atoms. The normalized spacial score (nSPS) is 12.2. The summed E-state index contributed by atoms with van der Waals surface area (Å²) in [5.74, 6) is 0.111. The molecule has 0 aliphatic carbocycles. The Balaban J connectivity index is 1.70. The Morgan fingerprint density at radius 1 is 1.19 bits per heavy atom. The van der Waals surface area contributed by atoms with E-state index < -0.39 is 0 Å². The summed E-state index contributed by atoms with van der Waals surface area (Å²) in [6, 6.07) is 13.0. The summed E-state index contributed by atoms with van der Waals surface area (Å²) in [4.78, 5) is 21.5. The van der Waals surface area contributed by atoms with Gasteiger partial charge in [0.1, 0.15) is 12.0 Å². The Morgan fingerprint density at radius 2 is 2.00 bits per heavy atom. The molecule has 0 unspecified atom stereocenters. The third-order valence-electron chi connectivity index (χ3n) is 4.08. The summed E-state index contributed by atoms with van der Waals surface area (Å²) >= 11 is 0. The molecule has 0 fully saturated rings. The molecule has 0 spiro atoms. The van der Waals surface area contributed by atoms with Crippen LogP contribution in [0.15, 0.2) is 55.0 Å². The number of nitrogens with one attached hydrogen (secondary N) is 1. The molecule has 1 N–H and O–H groups in total. The van der Waals surface area contributed by atoms with Crippen LogP contribution in [0, 0.1) is 0 Å². The van der Waals surface area contributed by atoms with Crippen LogP contribution in [0.5, 0.6) is 0 Å². The Bertz CT molecular complexity index is 1070. The van der Waals surface area contributed by atoms with Crippen LogP contribution in [0.1, 0.15) is 29.1 Å². The standard InChI is InChI=1S/C18H17N7O/c1-12(14-8-9-24(2)23-14)21-17(26)16-10-15(13-6-4-3-5-7-13)22-18-19-11-20-25(16)18/h3-12H,1-2H3,(H,21,26)/t12-/m1/s1. The van der Waals surface area contributed by atoms with Crippen LogP contribution in [-0.2, 0) is 7.05 Å². The number of benzene rings is 1. The first kappa shape index (κ1) is 15.9. The fourth-order valence-corrected chi connectivity index (χ4v) is 2.74. The molecule has 8 heteroatoms. The number of aromatic nitrogens is 6. The highest BCUT2D eigenvalue weighted by Gasteiger charge is 2.19. The van der Waals surface area contributed by atoms with Gasteiger partial charge in [-0.05, 0) is 19.1 Å². The number of rotatable bonds is 4. The van der Waals surface area contributed by atoms with E-state index in [1.165, 1.54) is 10.8 Å².